The number of methoxy groups -OCH3 is 1. The van der Waals surface area contributed by atoms with Crippen molar-refractivity contribution in [2.75, 3.05) is 33.3 Å². The lowest BCUT2D eigenvalue weighted by Crippen LogP contribution is -2.52. The van der Waals surface area contributed by atoms with Crippen molar-refractivity contribution in [3.8, 4) is 0 Å². The van der Waals surface area contributed by atoms with Crippen molar-refractivity contribution < 1.29 is 9.53 Å². The second kappa shape index (κ2) is 7.59. The topological polar surface area (TPSA) is 41.6 Å². The van der Waals surface area contributed by atoms with E-state index >= 15 is 0 Å². The van der Waals surface area contributed by atoms with Crippen molar-refractivity contribution in [3.63, 3.8) is 0 Å². The van der Waals surface area contributed by atoms with Crippen LogP contribution in [0.3, 0.4) is 0 Å². The number of carbonyl (C=O) groups is 1. The highest BCUT2D eigenvalue weighted by Crippen LogP contribution is 2.33. The second-order valence-corrected chi connectivity index (χ2v) is 7.65. The fourth-order valence-corrected chi connectivity index (χ4v) is 3.01. The maximum absolute atomic E-state index is 12.1. The van der Waals surface area contributed by atoms with Crippen molar-refractivity contribution in [3.05, 3.63) is 0 Å². The van der Waals surface area contributed by atoms with Gasteiger partial charge in [0.2, 0.25) is 0 Å². The Labute approximate surface area is 130 Å². The summed E-state index contributed by atoms with van der Waals surface area (Å²) in [5.41, 5.74) is -0.189. The van der Waals surface area contributed by atoms with Crippen LogP contribution >= 0.6 is 0 Å². The van der Waals surface area contributed by atoms with E-state index in [0.717, 1.165) is 44.9 Å². The fraction of sp³-hybridized carbons (Fsp3) is 0.941. The van der Waals surface area contributed by atoms with Gasteiger partial charge >= 0.3 is 5.97 Å². The molecule has 1 aliphatic heterocycles. The van der Waals surface area contributed by atoms with E-state index in [1.807, 2.05) is 6.92 Å². The fourth-order valence-electron chi connectivity index (χ4n) is 3.01. The largest absolute Gasteiger partial charge is 0.468 e. The summed E-state index contributed by atoms with van der Waals surface area (Å²) in [5, 5.41) is 3.36. The summed E-state index contributed by atoms with van der Waals surface area (Å²) < 4.78 is 4.98. The van der Waals surface area contributed by atoms with E-state index in [0.29, 0.717) is 5.41 Å². The normalized spacial score (nSPS) is 23.0. The van der Waals surface area contributed by atoms with Crippen LogP contribution in [0.15, 0.2) is 0 Å². The van der Waals surface area contributed by atoms with E-state index in [1.54, 1.807) is 0 Å². The number of likely N-dealkylation sites (tertiary alicyclic amines) is 1. The van der Waals surface area contributed by atoms with Gasteiger partial charge in [-0.3, -0.25) is 4.79 Å². The number of carbonyl (C=O) groups excluding carboxylic acids is 1. The summed E-state index contributed by atoms with van der Waals surface area (Å²) in [6.07, 6.45) is 3.08. The predicted molar refractivity (Wildman–Crippen MR) is 87.3 cm³/mol. The van der Waals surface area contributed by atoms with Gasteiger partial charge in [-0.15, -0.1) is 0 Å². The van der Waals surface area contributed by atoms with Crippen molar-refractivity contribution in [2.45, 2.75) is 59.4 Å². The van der Waals surface area contributed by atoms with Crippen molar-refractivity contribution in [1.82, 2.24) is 10.2 Å². The maximum atomic E-state index is 12.1. The van der Waals surface area contributed by atoms with Gasteiger partial charge in [-0.2, -0.15) is 0 Å². The van der Waals surface area contributed by atoms with Crippen LogP contribution < -0.4 is 5.32 Å². The van der Waals surface area contributed by atoms with E-state index in [-0.39, 0.29) is 5.97 Å². The molecule has 1 N–H and O–H groups in total. The number of rotatable bonds is 7. The van der Waals surface area contributed by atoms with Gasteiger partial charge in [0.25, 0.3) is 0 Å². The minimum absolute atomic E-state index is 0.150. The number of hydrogen-bond acceptors (Lipinski definition) is 4. The lowest BCUT2D eigenvalue weighted by atomic mass is 9.80. The Morgan fingerprint density at radius 2 is 2.00 bits per heavy atom. The van der Waals surface area contributed by atoms with Crippen LogP contribution in [0.25, 0.3) is 0 Å². The number of ether oxygens (including phenoxy) is 1. The first-order valence-corrected chi connectivity index (χ1v) is 8.28. The molecule has 0 aromatic rings. The predicted octanol–water partition coefficient (Wildman–Crippen LogP) is 2.68. The van der Waals surface area contributed by atoms with E-state index in [2.05, 4.69) is 37.9 Å². The van der Waals surface area contributed by atoms with Crippen LogP contribution in [0.5, 0.6) is 0 Å². The number of esters is 1. The van der Waals surface area contributed by atoms with Gasteiger partial charge in [-0.05, 0) is 50.6 Å². The third-order valence-electron chi connectivity index (χ3n) is 4.83. The minimum Gasteiger partial charge on any atom is -0.468 e. The van der Waals surface area contributed by atoms with Gasteiger partial charge in [-0.25, -0.2) is 0 Å². The summed E-state index contributed by atoms with van der Waals surface area (Å²) >= 11 is 0. The molecule has 2 unspecified atom stereocenters. The lowest BCUT2D eigenvalue weighted by Gasteiger charge is -2.31. The van der Waals surface area contributed by atoms with E-state index < -0.39 is 5.54 Å². The molecule has 21 heavy (non-hydrogen) atoms. The molecule has 1 rings (SSSR count). The first-order valence-electron chi connectivity index (χ1n) is 8.28. The molecule has 0 amide bonds. The Morgan fingerprint density at radius 3 is 2.48 bits per heavy atom. The smallest absolute Gasteiger partial charge is 0.325 e. The van der Waals surface area contributed by atoms with Gasteiger partial charge in [0, 0.05) is 13.1 Å². The minimum atomic E-state index is -0.565. The molecule has 0 bridgehead atoms. The number of nitrogens with zero attached hydrogens (tertiary/aromatic N) is 1. The molecular weight excluding hydrogens is 264 g/mol. The number of nitrogens with one attached hydrogen (secondary N) is 1. The summed E-state index contributed by atoms with van der Waals surface area (Å²) in [4.78, 5) is 14.6. The zero-order chi connectivity index (χ0) is 16.1. The van der Waals surface area contributed by atoms with Gasteiger partial charge < -0.3 is 15.0 Å². The Bertz CT molecular complexity index is 338. The van der Waals surface area contributed by atoms with Gasteiger partial charge in [0.15, 0.2) is 0 Å². The summed E-state index contributed by atoms with van der Waals surface area (Å²) in [7, 11) is 1.47. The third-order valence-corrected chi connectivity index (χ3v) is 4.83. The molecule has 0 saturated carbocycles. The molecule has 0 aromatic carbocycles. The maximum Gasteiger partial charge on any atom is 0.325 e. The standard InChI is InChI=1S/C17H34N2O2/c1-7-10-18-17(5,15(20)21-6)9-12-19-11-8-14(13-19)16(2,3)4/h14,18H,7-13H2,1-6H3. The average molecular weight is 298 g/mol. The van der Waals surface area contributed by atoms with Gasteiger partial charge in [0.1, 0.15) is 5.54 Å². The Hall–Kier alpha value is -0.610. The molecule has 124 valence electrons. The van der Waals surface area contributed by atoms with Crippen LogP contribution in [-0.4, -0.2) is 49.7 Å². The lowest BCUT2D eigenvalue weighted by molar-refractivity contribution is -0.148. The quantitative estimate of drug-likeness (QED) is 0.734. The first kappa shape index (κ1) is 18.4. The van der Waals surface area contributed by atoms with Crippen LogP contribution in [0, 0.1) is 11.3 Å². The summed E-state index contributed by atoms with van der Waals surface area (Å²) in [5.74, 6) is 0.605. The SMILES string of the molecule is CCCNC(C)(CCN1CCC(C(C)(C)C)C1)C(=O)OC. The molecule has 1 saturated heterocycles. The molecule has 1 heterocycles. The molecule has 4 heteroatoms. The molecule has 0 aromatic heterocycles. The highest BCUT2D eigenvalue weighted by atomic mass is 16.5. The average Bonchev–Trinajstić information content (AvgIpc) is 2.91. The van der Waals surface area contributed by atoms with Crippen molar-refractivity contribution in [2.24, 2.45) is 11.3 Å². The zero-order valence-electron chi connectivity index (χ0n) is 14.8. The molecule has 4 nitrogen and oxygen atoms in total. The third kappa shape index (κ3) is 5.26. The van der Waals surface area contributed by atoms with Crippen LogP contribution in [-0.2, 0) is 9.53 Å². The molecule has 1 fully saturated rings. The molecular formula is C17H34N2O2. The molecule has 0 spiro atoms. The van der Waals surface area contributed by atoms with Crippen LogP contribution in [0.4, 0.5) is 0 Å². The number of hydrogen-bond donors (Lipinski definition) is 1. The first-order chi connectivity index (χ1) is 9.73. The van der Waals surface area contributed by atoms with Crippen LogP contribution in [0.1, 0.15) is 53.9 Å². The van der Waals surface area contributed by atoms with Gasteiger partial charge in [-0.1, -0.05) is 27.7 Å². The monoisotopic (exact) mass is 298 g/mol. The summed E-state index contributed by atoms with van der Waals surface area (Å²) in [6.45, 7) is 15.1. The highest BCUT2D eigenvalue weighted by Gasteiger charge is 2.36. The highest BCUT2D eigenvalue weighted by molar-refractivity contribution is 5.80. The van der Waals surface area contributed by atoms with E-state index in [4.69, 9.17) is 4.74 Å². The second-order valence-electron chi connectivity index (χ2n) is 7.65. The van der Waals surface area contributed by atoms with Crippen molar-refractivity contribution in [1.29, 1.82) is 0 Å². The molecule has 0 radical (unpaired) electrons. The van der Waals surface area contributed by atoms with E-state index in [9.17, 15) is 4.79 Å². The molecule has 2 atom stereocenters. The molecule has 1 aliphatic rings. The summed E-state index contributed by atoms with van der Waals surface area (Å²) in [6, 6.07) is 0. The van der Waals surface area contributed by atoms with Crippen molar-refractivity contribution >= 4 is 5.97 Å². The Balaban J connectivity index is 2.52. The molecule has 0 aliphatic carbocycles. The Morgan fingerprint density at radius 1 is 1.33 bits per heavy atom. The Kier molecular flexibility index (Phi) is 6.67. The van der Waals surface area contributed by atoms with E-state index in [1.165, 1.54) is 13.5 Å². The zero-order valence-corrected chi connectivity index (χ0v) is 14.8. The van der Waals surface area contributed by atoms with Gasteiger partial charge in [0.05, 0.1) is 7.11 Å². The van der Waals surface area contributed by atoms with Crippen LogP contribution in [0.2, 0.25) is 0 Å².